The summed E-state index contributed by atoms with van der Waals surface area (Å²) < 4.78 is 26.1. The molecule has 0 fully saturated rings. The zero-order chi connectivity index (χ0) is 15.9. The van der Waals surface area contributed by atoms with E-state index in [-0.39, 0.29) is 31.0 Å². The van der Waals surface area contributed by atoms with Gasteiger partial charge in [-0.2, -0.15) is 4.31 Å². The summed E-state index contributed by atoms with van der Waals surface area (Å²) in [6, 6.07) is 6.27. The van der Waals surface area contributed by atoms with Gasteiger partial charge in [0.1, 0.15) is 0 Å². The number of primary amides is 1. The number of nitrogens with zero attached hydrogens (tertiary/aromatic N) is 1. The van der Waals surface area contributed by atoms with E-state index < -0.39 is 15.9 Å². The lowest BCUT2D eigenvalue weighted by atomic mass is 10.2. The van der Waals surface area contributed by atoms with Crippen molar-refractivity contribution in [3.8, 4) is 11.8 Å². The number of nitrogens with two attached hydrogens (primary N) is 1. The van der Waals surface area contributed by atoms with Crippen LogP contribution in [0.25, 0.3) is 0 Å². The van der Waals surface area contributed by atoms with Crippen molar-refractivity contribution < 1.29 is 18.3 Å². The number of rotatable bonds is 6. The van der Waals surface area contributed by atoms with Gasteiger partial charge in [0.05, 0.1) is 18.0 Å². The summed E-state index contributed by atoms with van der Waals surface area (Å²) in [5.74, 6) is 4.69. The molecule has 7 heteroatoms. The molecule has 0 aliphatic rings. The van der Waals surface area contributed by atoms with Crippen molar-refractivity contribution >= 4 is 15.9 Å². The van der Waals surface area contributed by atoms with Crippen molar-refractivity contribution in [3.63, 3.8) is 0 Å². The van der Waals surface area contributed by atoms with Gasteiger partial charge in [-0.3, -0.25) is 4.79 Å². The minimum atomic E-state index is -3.85. The van der Waals surface area contributed by atoms with Gasteiger partial charge in [-0.1, -0.05) is 30.9 Å². The number of benzene rings is 1. The summed E-state index contributed by atoms with van der Waals surface area (Å²) in [5.41, 5.74) is 5.41. The smallest absolute Gasteiger partial charge is 0.244 e. The average molecular weight is 310 g/mol. The van der Waals surface area contributed by atoms with Crippen LogP contribution in [0, 0.1) is 11.8 Å². The molecule has 1 amide bonds. The Labute approximate surface area is 124 Å². The van der Waals surface area contributed by atoms with Crippen LogP contribution in [0.2, 0.25) is 0 Å². The molecular formula is C14H18N2O4S. The second-order valence-corrected chi connectivity index (χ2v) is 6.08. The average Bonchev–Trinajstić information content (AvgIpc) is 2.45. The van der Waals surface area contributed by atoms with E-state index in [9.17, 15) is 13.2 Å². The molecule has 3 N–H and O–H groups in total. The molecule has 21 heavy (non-hydrogen) atoms. The lowest BCUT2D eigenvalue weighted by Gasteiger charge is -2.19. The molecule has 0 aliphatic heterocycles. The van der Waals surface area contributed by atoms with E-state index >= 15 is 0 Å². The Kier molecular flexibility index (Phi) is 6.37. The van der Waals surface area contributed by atoms with E-state index in [2.05, 4.69) is 11.8 Å². The fourth-order valence-corrected chi connectivity index (χ4v) is 3.25. The van der Waals surface area contributed by atoms with Gasteiger partial charge in [-0.25, -0.2) is 8.42 Å². The van der Waals surface area contributed by atoms with E-state index in [4.69, 9.17) is 10.8 Å². The third-order valence-corrected chi connectivity index (χ3v) is 4.63. The topological polar surface area (TPSA) is 101 Å². The van der Waals surface area contributed by atoms with Crippen molar-refractivity contribution in [1.82, 2.24) is 4.31 Å². The molecular weight excluding hydrogens is 292 g/mol. The van der Waals surface area contributed by atoms with Gasteiger partial charge in [0.15, 0.2) is 0 Å². The Morgan fingerprint density at radius 3 is 2.62 bits per heavy atom. The largest absolute Gasteiger partial charge is 0.395 e. The summed E-state index contributed by atoms with van der Waals surface area (Å²) in [5, 5.41) is 8.72. The molecule has 0 unspecified atom stereocenters. The van der Waals surface area contributed by atoms with Gasteiger partial charge in [0, 0.05) is 18.5 Å². The number of hydrogen-bond acceptors (Lipinski definition) is 4. The number of likely N-dealkylation sites (N-methyl/N-ethyl adjacent to an activating group) is 1. The molecule has 0 atom stereocenters. The molecule has 6 nitrogen and oxygen atoms in total. The lowest BCUT2D eigenvalue weighted by molar-refractivity contribution is -0.118. The van der Waals surface area contributed by atoms with Gasteiger partial charge in [0.2, 0.25) is 15.9 Å². The molecule has 0 aromatic heterocycles. The first-order valence-electron chi connectivity index (χ1n) is 6.40. The highest BCUT2D eigenvalue weighted by Crippen LogP contribution is 2.19. The normalized spacial score (nSPS) is 11.0. The van der Waals surface area contributed by atoms with Crippen LogP contribution >= 0.6 is 0 Å². The van der Waals surface area contributed by atoms with Crippen molar-refractivity contribution in [2.75, 3.05) is 19.7 Å². The fourth-order valence-electron chi connectivity index (χ4n) is 1.69. The molecule has 1 rings (SSSR count). The minimum Gasteiger partial charge on any atom is -0.395 e. The highest BCUT2D eigenvalue weighted by Gasteiger charge is 2.26. The van der Waals surface area contributed by atoms with E-state index in [0.29, 0.717) is 5.56 Å². The van der Waals surface area contributed by atoms with Gasteiger partial charge < -0.3 is 10.8 Å². The third-order valence-electron chi connectivity index (χ3n) is 2.65. The van der Waals surface area contributed by atoms with Gasteiger partial charge in [-0.05, 0) is 12.1 Å². The Morgan fingerprint density at radius 2 is 2.05 bits per heavy atom. The minimum absolute atomic E-state index is 0.0264. The lowest BCUT2D eigenvalue weighted by Crippen LogP contribution is -2.38. The SMILES string of the molecule is CCN(CC(N)=O)S(=O)(=O)c1ccccc1C#CCCO. The molecule has 0 saturated heterocycles. The van der Waals surface area contributed by atoms with Crippen LogP contribution in [0.1, 0.15) is 18.9 Å². The van der Waals surface area contributed by atoms with Crippen molar-refractivity contribution in [3.05, 3.63) is 29.8 Å². The van der Waals surface area contributed by atoms with E-state index in [1.54, 1.807) is 25.1 Å². The van der Waals surface area contributed by atoms with Crippen LogP contribution in [0.15, 0.2) is 29.2 Å². The van der Waals surface area contributed by atoms with Crippen molar-refractivity contribution in [2.45, 2.75) is 18.2 Å². The molecule has 114 valence electrons. The maximum absolute atomic E-state index is 12.6. The molecule has 0 heterocycles. The van der Waals surface area contributed by atoms with Crippen LogP contribution in [0.5, 0.6) is 0 Å². The number of amides is 1. The number of aliphatic hydroxyl groups excluding tert-OH is 1. The van der Waals surface area contributed by atoms with Gasteiger partial charge >= 0.3 is 0 Å². The summed E-state index contributed by atoms with van der Waals surface area (Å²) in [6.07, 6.45) is 0.257. The number of carbonyl (C=O) groups excluding carboxylic acids is 1. The first-order chi connectivity index (χ1) is 9.93. The van der Waals surface area contributed by atoms with Gasteiger partial charge in [-0.15, -0.1) is 0 Å². The zero-order valence-corrected chi connectivity index (χ0v) is 12.6. The molecule has 0 radical (unpaired) electrons. The predicted octanol–water partition coefficient (Wildman–Crippen LogP) is -0.0836. The van der Waals surface area contributed by atoms with Crippen LogP contribution < -0.4 is 5.73 Å². The van der Waals surface area contributed by atoms with Crippen molar-refractivity contribution in [1.29, 1.82) is 0 Å². The second kappa shape index (κ2) is 7.78. The first kappa shape index (κ1) is 17.2. The maximum atomic E-state index is 12.6. The number of carbonyl (C=O) groups is 1. The monoisotopic (exact) mass is 310 g/mol. The second-order valence-electron chi connectivity index (χ2n) is 4.17. The molecule has 0 bridgehead atoms. The Morgan fingerprint density at radius 1 is 1.38 bits per heavy atom. The maximum Gasteiger partial charge on any atom is 0.244 e. The van der Waals surface area contributed by atoms with Crippen molar-refractivity contribution in [2.24, 2.45) is 5.73 Å². The highest BCUT2D eigenvalue weighted by molar-refractivity contribution is 7.89. The zero-order valence-electron chi connectivity index (χ0n) is 11.7. The molecule has 0 aliphatic carbocycles. The standard InChI is InChI=1S/C14H18N2O4S/c1-2-16(11-14(15)18)21(19,20)13-9-4-3-7-12(13)8-5-6-10-17/h3-4,7,9,17H,2,6,10-11H2,1H3,(H2,15,18). The summed E-state index contributed by atoms with van der Waals surface area (Å²) in [4.78, 5) is 11.0. The molecule has 1 aromatic rings. The summed E-state index contributed by atoms with van der Waals surface area (Å²) >= 11 is 0. The first-order valence-corrected chi connectivity index (χ1v) is 7.84. The molecule has 0 spiro atoms. The van der Waals surface area contributed by atoms with E-state index in [1.165, 1.54) is 6.07 Å². The molecule has 0 saturated carbocycles. The van der Waals surface area contributed by atoms with Gasteiger partial charge in [0.25, 0.3) is 0 Å². The number of hydrogen-bond donors (Lipinski definition) is 2. The summed E-state index contributed by atoms with van der Waals surface area (Å²) in [6.45, 7) is 1.28. The Hall–Kier alpha value is -1.88. The Balaban J connectivity index is 3.25. The van der Waals surface area contributed by atoms with E-state index in [0.717, 1.165) is 4.31 Å². The van der Waals surface area contributed by atoms with Crippen LogP contribution in [0.4, 0.5) is 0 Å². The van der Waals surface area contributed by atoms with Crippen LogP contribution in [0.3, 0.4) is 0 Å². The fraction of sp³-hybridized carbons (Fsp3) is 0.357. The summed E-state index contributed by atoms with van der Waals surface area (Å²) in [7, 11) is -3.85. The highest BCUT2D eigenvalue weighted by atomic mass is 32.2. The molecule has 1 aromatic carbocycles. The Bertz CT molecular complexity index is 659. The van der Waals surface area contributed by atoms with Crippen LogP contribution in [-0.4, -0.2) is 43.4 Å². The number of sulfonamides is 1. The van der Waals surface area contributed by atoms with E-state index in [1.807, 2.05) is 0 Å². The predicted molar refractivity (Wildman–Crippen MR) is 78.7 cm³/mol. The number of aliphatic hydroxyl groups is 1. The third kappa shape index (κ3) is 4.56. The van der Waals surface area contributed by atoms with Crippen LogP contribution in [-0.2, 0) is 14.8 Å². The quantitative estimate of drug-likeness (QED) is 0.717.